The van der Waals surface area contributed by atoms with E-state index in [9.17, 15) is 14.7 Å². The lowest BCUT2D eigenvalue weighted by molar-refractivity contribution is 0.0697. The third-order valence-corrected chi connectivity index (χ3v) is 4.39. The first kappa shape index (κ1) is 20.9. The first-order valence-electron chi connectivity index (χ1n) is 8.22. The third kappa shape index (κ3) is 6.04. The predicted octanol–water partition coefficient (Wildman–Crippen LogP) is 4.45. The van der Waals surface area contributed by atoms with Gasteiger partial charge in [-0.15, -0.1) is 0 Å². The van der Waals surface area contributed by atoms with Gasteiger partial charge in [0, 0.05) is 10.0 Å². The van der Waals surface area contributed by atoms with Crippen molar-refractivity contribution in [3.05, 3.63) is 58.1 Å². The van der Waals surface area contributed by atoms with Crippen molar-refractivity contribution in [2.75, 3.05) is 5.32 Å². The van der Waals surface area contributed by atoms with Crippen molar-refractivity contribution in [2.24, 2.45) is 0 Å². The molecule has 1 amide bonds. The molecule has 0 aromatic heterocycles. The molecule has 0 saturated heterocycles. The number of carbonyl (C=O) groups excluding carboxylic acids is 1. The van der Waals surface area contributed by atoms with Crippen LogP contribution in [0.4, 0.5) is 5.69 Å². The van der Waals surface area contributed by atoms with Crippen molar-refractivity contribution >= 4 is 50.8 Å². The number of hydrogen-bond donors (Lipinski definition) is 3. The number of carboxylic acids is 1. The van der Waals surface area contributed by atoms with Gasteiger partial charge in [-0.05, 0) is 62.0 Å². The van der Waals surface area contributed by atoms with E-state index in [1.807, 2.05) is 13.8 Å². The van der Waals surface area contributed by atoms with Crippen molar-refractivity contribution in [2.45, 2.75) is 26.4 Å². The summed E-state index contributed by atoms with van der Waals surface area (Å²) in [6.07, 6.45) is 0.890. The molecule has 0 saturated carbocycles. The number of rotatable bonds is 6. The molecule has 8 heteroatoms. The van der Waals surface area contributed by atoms with E-state index in [4.69, 9.17) is 17.0 Å². The molecule has 0 aliphatic carbocycles. The molecule has 0 aliphatic rings. The predicted molar refractivity (Wildman–Crippen MR) is 112 cm³/mol. The summed E-state index contributed by atoms with van der Waals surface area (Å²) in [6, 6.07) is 11.5. The van der Waals surface area contributed by atoms with Crippen LogP contribution >= 0.6 is 28.1 Å². The van der Waals surface area contributed by atoms with Gasteiger partial charge in [0.2, 0.25) is 0 Å². The van der Waals surface area contributed by atoms with Crippen LogP contribution in [0.3, 0.4) is 0 Å². The van der Waals surface area contributed by atoms with E-state index in [1.54, 1.807) is 36.4 Å². The molecular formula is C19H19BrN2O4S. The van der Waals surface area contributed by atoms with Crippen molar-refractivity contribution in [1.82, 2.24) is 5.32 Å². The van der Waals surface area contributed by atoms with Gasteiger partial charge in [-0.25, -0.2) is 4.79 Å². The van der Waals surface area contributed by atoms with Crippen LogP contribution in [0.1, 0.15) is 41.0 Å². The summed E-state index contributed by atoms with van der Waals surface area (Å²) in [6.45, 7) is 3.96. The number of carbonyl (C=O) groups is 2. The van der Waals surface area contributed by atoms with Gasteiger partial charge in [-0.3, -0.25) is 10.1 Å². The standard InChI is InChI=1S/C19H19BrN2O4S/c1-3-11(2)26-14-6-4-5-12(9-14)17(23)22-19(27)21-16-8-7-13(20)10-15(16)18(24)25/h4-11H,3H2,1-2H3,(H,24,25)(H2,21,22,23,27)/t11-/m1/s1. The second kappa shape index (κ2) is 9.48. The smallest absolute Gasteiger partial charge is 0.337 e. The van der Waals surface area contributed by atoms with Gasteiger partial charge in [0.05, 0.1) is 17.4 Å². The highest BCUT2D eigenvalue weighted by atomic mass is 79.9. The van der Waals surface area contributed by atoms with Crippen LogP contribution in [0, 0.1) is 0 Å². The Hall–Kier alpha value is -2.45. The van der Waals surface area contributed by atoms with Crippen molar-refractivity contribution in [3.8, 4) is 5.75 Å². The molecule has 0 unspecified atom stereocenters. The van der Waals surface area contributed by atoms with Gasteiger partial charge in [0.25, 0.3) is 5.91 Å². The fourth-order valence-corrected chi connectivity index (χ4v) is 2.72. The van der Waals surface area contributed by atoms with E-state index in [0.29, 0.717) is 15.8 Å². The number of thiocarbonyl (C=S) groups is 1. The van der Waals surface area contributed by atoms with Gasteiger partial charge in [-0.2, -0.15) is 0 Å². The van der Waals surface area contributed by atoms with E-state index in [-0.39, 0.29) is 22.5 Å². The molecule has 0 heterocycles. The highest BCUT2D eigenvalue weighted by Gasteiger charge is 2.14. The van der Waals surface area contributed by atoms with Crippen LogP contribution in [0.2, 0.25) is 0 Å². The second-order valence-electron chi connectivity index (χ2n) is 5.77. The molecular weight excluding hydrogens is 432 g/mol. The van der Waals surface area contributed by atoms with E-state index < -0.39 is 11.9 Å². The van der Waals surface area contributed by atoms with E-state index in [1.165, 1.54) is 6.07 Å². The summed E-state index contributed by atoms with van der Waals surface area (Å²) >= 11 is 8.36. The molecule has 2 aromatic rings. The second-order valence-corrected chi connectivity index (χ2v) is 7.09. The maximum Gasteiger partial charge on any atom is 0.337 e. The Morgan fingerprint density at radius 3 is 2.67 bits per heavy atom. The minimum Gasteiger partial charge on any atom is -0.491 e. The van der Waals surface area contributed by atoms with Crippen LogP contribution in [-0.2, 0) is 0 Å². The highest BCUT2D eigenvalue weighted by Crippen LogP contribution is 2.21. The molecule has 142 valence electrons. The van der Waals surface area contributed by atoms with Crippen LogP contribution < -0.4 is 15.4 Å². The Morgan fingerprint density at radius 1 is 1.26 bits per heavy atom. The number of nitrogens with one attached hydrogen (secondary N) is 2. The molecule has 0 radical (unpaired) electrons. The van der Waals surface area contributed by atoms with Crippen LogP contribution in [0.15, 0.2) is 46.9 Å². The Labute approximate surface area is 171 Å². The number of ether oxygens (including phenoxy) is 1. The summed E-state index contributed by atoms with van der Waals surface area (Å²) in [5.74, 6) is -0.934. The fourth-order valence-electron chi connectivity index (χ4n) is 2.16. The maximum atomic E-state index is 12.4. The first-order valence-corrected chi connectivity index (χ1v) is 9.42. The lowest BCUT2D eigenvalue weighted by Gasteiger charge is -2.14. The zero-order valence-corrected chi connectivity index (χ0v) is 17.2. The van der Waals surface area contributed by atoms with E-state index >= 15 is 0 Å². The molecule has 0 spiro atoms. The normalized spacial score (nSPS) is 11.4. The Morgan fingerprint density at radius 2 is 2.00 bits per heavy atom. The first-order chi connectivity index (χ1) is 12.8. The number of amides is 1. The van der Waals surface area contributed by atoms with Gasteiger partial charge < -0.3 is 15.2 Å². The number of anilines is 1. The Bertz CT molecular complexity index is 873. The van der Waals surface area contributed by atoms with Crippen LogP contribution in [-0.4, -0.2) is 28.2 Å². The van der Waals surface area contributed by atoms with E-state index in [0.717, 1.165) is 6.42 Å². The van der Waals surface area contributed by atoms with Crippen LogP contribution in [0.5, 0.6) is 5.75 Å². The maximum absolute atomic E-state index is 12.4. The zero-order valence-electron chi connectivity index (χ0n) is 14.8. The average Bonchev–Trinajstić information content (AvgIpc) is 2.63. The molecule has 2 aromatic carbocycles. The minimum absolute atomic E-state index is 0.00179. The molecule has 2 rings (SSSR count). The fraction of sp³-hybridized carbons (Fsp3) is 0.211. The lowest BCUT2D eigenvalue weighted by atomic mass is 10.2. The number of aromatic carboxylic acids is 1. The summed E-state index contributed by atoms with van der Waals surface area (Å²) in [4.78, 5) is 23.8. The van der Waals surface area contributed by atoms with Gasteiger partial charge in [-0.1, -0.05) is 28.9 Å². The van der Waals surface area contributed by atoms with E-state index in [2.05, 4.69) is 26.6 Å². The number of carboxylic acid groups (broad SMARTS) is 1. The molecule has 0 aliphatic heterocycles. The highest BCUT2D eigenvalue weighted by molar-refractivity contribution is 9.10. The Kier molecular flexibility index (Phi) is 7.32. The molecule has 6 nitrogen and oxygen atoms in total. The summed E-state index contributed by atoms with van der Waals surface area (Å²) < 4.78 is 6.33. The largest absolute Gasteiger partial charge is 0.491 e. The molecule has 3 N–H and O–H groups in total. The summed E-state index contributed by atoms with van der Waals surface area (Å²) in [7, 11) is 0. The SMILES string of the molecule is CC[C@@H](C)Oc1cccc(C(=O)NC(=S)Nc2ccc(Br)cc2C(=O)O)c1. The van der Waals surface area contributed by atoms with Gasteiger partial charge in [0.1, 0.15) is 5.75 Å². The zero-order chi connectivity index (χ0) is 20.0. The number of halogens is 1. The number of benzene rings is 2. The van der Waals surface area contributed by atoms with Crippen molar-refractivity contribution < 1.29 is 19.4 Å². The summed E-state index contributed by atoms with van der Waals surface area (Å²) in [5, 5.41) is 14.6. The van der Waals surface area contributed by atoms with Gasteiger partial charge >= 0.3 is 5.97 Å². The quantitative estimate of drug-likeness (QED) is 0.563. The molecule has 1 atom stereocenters. The topological polar surface area (TPSA) is 87.7 Å². The average molecular weight is 451 g/mol. The van der Waals surface area contributed by atoms with Gasteiger partial charge in [0.15, 0.2) is 5.11 Å². The molecule has 27 heavy (non-hydrogen) atoms. The van der Waals surface area contributed by atoms with Crippen LogP contribution in [0.25, 0.3) is 0 Å². The Balaban J connectivity index is 2.07. The lowest BCUT2D eigenvalue weighted by Crippen LogP contribution is -2.34. The molecule has 0 fully saturated rings. The van der Waals surface area contributed by atoms with Crippen molar-refractivity contribution in [3.63, 3.8) is 0 Å². The number of hydrogen-bond acceptors (Lipinski definition) is 4. The van der Waals surface area contributed by atoms with Crippen molar-refractivity contribution in [1.29, 1.82) is 0 Å². The summed E-state index contributed by atoms with van der Waals surface area (Å²) in [5.41, 5.74) is 0.698. The third-order valence-electron chi connectivity index (χ3n) is 3.70. The monoisotopic (exact) mass is 450 g/mol. The minimum atomic E-state index is -1.11. The molecule has 0 bridgehead atoms.